The fourth-order valence-electron chi connectivity index (χ4n) is 0. The fraction of sp³-hybridized carbons (Fsp3) is 0. The predicted octanol–water partition coefficient (Wildman–Crippen LogP) is -2.49. The first-order chi connectivity index (χ1) is 2.56. The van der Waals surface area contributed by atoms with Crippen molar-refractivity contribution in [3.05, 3.63) is 0 Å². The van der Waals surface area contributed by atoms with E-state index in [9.17, 15) is 0 Å². The molecule has 0 aromatic carbocycles. The minimum atomic E-state index is -4.58. The third-order valence-corrected chi connectivity index (χ3v) is 0.367. The van der Waals surface area contributed by atoms with E-state index < -0.39 is 9.05 Å². The fourth-order valence-corrected chi connectivity index (χ4v) is 0. The van der Waals surface area contributed by atoms with Crippen LogP contribution in [0.15, 0.2) is 0 Å². The molecule has 0 aliphatic carbocycles. The minimum absolute atomic E-state index is 0. The van der Waals surface area contributed by atoms with Gasteiger partial charge < -0.3 is 14.4 Å². The summed E-state index contributed by atoms with van der Waals surface area (Å²) in [6.07, 6.45) is 0. The van der Waals surface area contributed by atoms with Gasteiger partial charge in [0.1, 0.15) is 0 Å². The molecule has 0 amide bonds. The molecule has 0 saturated heterocycles. The van der Waals surface area contributed by atoms with Crippen LogP contribution in [0.3, 0.4) is 0 Å². The Morgan fingerprint density at radius 3 is 1.25 bits per heavy atom. The van der Waals surface area contributed by atoms with E-state index in [1.165, 1.54) is 0 Å². The molecule has 8 heavy (non-hydrogen) atoms. The van der Waals surface area contributed by atoms with Crippen LogP contribution < -0.4 is 0 Å². The Hall–Kier alpha value is 1.28. The van der Waals surface area contributed by atoms with E-state index in [0.717, 1.165) is 0 Å². The molecule has 0 aromatic rings. The summed E-state index contributed by atoms with van der Waals surface area (Å²) < 4.78 is 2.74. The monoisotopic (exact) mass is 194 g/mol. The zero-order chi connectivity index (χ0) is 5.21. The van der Waals surface area contributed by atoms with E-state index in [1.54, 1.807) is 0 Å². The summed E-state index contributed by atoms with van der Waals surface area (Å²) in [5.74, 6) is 0. The van der Waals surface area contributed by atoms with Crippen LogP contribution >= 0.6 is 0 Å². The van der Waals surface area contributed by atoms with Gasteiger partial charge in [-0.1, -0.05) is 0 Å². The smallest absolute Gasteiger partial charge is 0.366 e. The molecule has 50 valence electrons. The first-order valence-corrected chi connectivity index (χ1v) is 2.81. The molecule has 8 heteroatoms. The summed E-state index contributed by atoms with van der Waals surface area (Å²) in [7, 11) is -4.58. The number of hydrogen-bond donors (Lipinski definition) is 4. The van der Waals surface area contributed by atoms with Crippen molar-refractivity contribution in [2.75, 3.05) is 0 Å². The largest absolute Gasteiger partial charge is 0.699 e. The molecule has 2 radical (unpaired) electrons. The molecule has 0 rings (SSSR count). The van der Waals surface area contributed by atoms with Gasteiger partial charge in [0, 0.05) is 39.5 Å². The number of rotatable bonds is 1. The summed E-state index contributed by atoms with van der Waals surface area (Å²) in [5, 5.41) is 7.21. The van der Waals surface area contributed by atoms with Gasteiger partial charge in [-0.25, -0.2) is 0 Å². The first kappa shape index (κ1) is 16.1. The van der Waals surface area contributed by atoms with Crippen molar-refractivity contribution in [3.8, 4) is 0 Å². The van der Waals surface area contributed by atoms with Crippen molar-refractivity contribution in [1.82, 2.24) is 0 Å². The molecule has 5 nitrogen and oxygen atoms in total. The second kappa shape index (κ2) is 6.40. The summed E-state index contributed by atoms with van der Waals surface area (Å²) in [4.78, 5) is 22.8. The molecule has 0 bridgehead atoms. The van der Waals surface area contributed by atoms with Crippen LogP contribution in [-0.4, -0.2) is 51.7 Å². The maximum absolute atomic E-state index is 7.60. The Labute approximate surface area is 72.8 Å². The molecular formula is H4MgNiO5Si. The Kier molecular flexibility index (Phi) is 12.9. The van der Waals surface area contributed by atoms with Crippen molar-refractivity contribution < 1.29 is 40.7 Å². The topological polar surface area (TPSA) is 90.2 Å². The van der Waals surface area contributed by atoms with E-state index in [-0.39, 0.29) is 39.5 Å². The zero-order valence-electron chi connectivity index (χ0n) is 3.72. The normalized spacial score (nSPS) is 9.00. The Morgan fingerprint density at radius 2 is 1.25 bits per heavy atom. The molecule has 0 heterocycles. The second-order valence-corrected chi connectivity index (χ2v) is 2.00. The van der Waals surface area contributed by atoms with Gasteiger partial charge in [-0.05, 0) is 0 Å². The van der Waals surface area contributed by atoms with Crippen LogP contribution in [0.25, 0.3) is 0 Å². The van der Waals surface area contributed by atoms with Crippen LogP contribution in [-0.2, 0) is 21.1 Å². The molecule has 0 aromatic heterocycles. The third kappa shape index (κ3) is 15.7. The zero-order valence-corrected chi connectivity index (χ0v) is 7.12. The van der Waals surface area contributed by atoms with E-state index >= 15 is 0 Å². The van der Waals surface area contributed by atoms with Crippen molar-refractivity contribution >= 4 is 32.1 Å². The summed E-state index contributed by atoms with van der Waals surface area (Å²) in [6, 6.07) is 0. The Balaban J connectivity index is -0.000000125. The van der Waals surface area contributed by atoms with Crippen LogP contribution in [0.4, 0.5) is 0 Å². The van der Waals surface area contributed by atoms with Crippen molar-refractivity contribution in [3.63, 3.8) is 0 Å². The van der Waals surface area contributed by atoms with Gasteiger partial charge in [0.15, 0.2) is 0 Å². The molecular weight excluding hydrogens is 191 g/mol. The van der Waals surface area contributed by atoms with Crippen LogP contribution in [0.2, 0.25) is 0 Å². The summed E-state index contributed by atoms with van der Waals surface area (Å²) in [6.45, 7) is 0. The molecule has 0 aliphatic heterocycles. The quantitative estimate of drug-likeness (QED) is 0.211. The van der Waals surface area contributed by atoms with E-state index in [0.29, 0.717) is 0 Å². The van der Waals surface area contributed by atoms with Gasteiger partial charge in [-0.2, -0.15) is 4.58 Å². The average molecular weight is 195 g/mol. The van der Waals surface area contributed by atoms with Gasteiger partial charge in [0.05, 0.1) is 0 Å². The first-order valence-electron chi connectivity index (χ1n) is 1.06. The third-order valence-electron chi connectivity index (χ3n) is 0.122. The van der Waals surface area contributed by atoms with Gasteiger partial charge in [0.2, 0.25) is 0 Å². The molecule has 0 atom stereocenters. The van der Waals surface area contributed by atoms with E-state index in [4.69, 9.17) is 19.6 Å². The van der Waals surface area contributed by atoms with E-state index in [2.05, 4.69) is 4.58 Å². The SMILES string of the molecule is OO[Si](O)(O)O.[Mg].[Ni]. The van der Waals surface area contributed by atoms with Crippen molar-refractivity contribution in [1.29, 1.82) is 0 Å². The molecule has 4 N–H and O–H groups in total. The molecule has 0 saturated carbocycles. The van der Waals surface area contributed by atoms with Crippen molar-refractivity contribution in [2.24, 2.45) is 0 Å². The molecule has 0 unspecified atom stereocenters. The van der Waals surface area contributed by atoms with Gasteiger partial charge in [-0.3, -0.25) is 5.26 Å². The average Bonchev–Trinajstić information content (AvgIpc) is 1.35. The summed E-state index contributed by atoms with van der Waals surface area (Å²) in [5.41, 5.74) is 0. The Bertz CT molecular complexity index is 42.2. The van der Waals surface area contributed by atoms with Crippen molar-refractivity contribution in [2.45, 2.75) is 0 Å². The molecule has 0 fully saturated rings. The van der Waals surface area contributed by atoms with Gasteiger partial charge in [0.25, 0.3) is 0 Å². The van der Waals surface area contributed by atoms with Crippen LogP contribution in [0.1, 0.15) is 0 Å². The minimum Gasteiger partial charge on any atom is -0.366 e. The predicted molar refractivity (Wildman–Crippen MR) is 21.9 cm³/mol. The van der Waals surface area contributed by atoms with Crippen LogP contribution in [0.5, 0.6) is 0 Å². The molecule has 0 spiro atoms. The molecule has 0 aliphatic rings. The maximum atomic E-state index is 7.60. The Morgan fingerprint density at radius 1 is 1.12 bits per heavy atom. The van der Waals surface area contributed by atoms with Gasteiger partial charge >= 0.3 is 9.05 Å². The summed E-state index contributed by atoms with van der Waals surface area (Å²) >= 11 is 0. The van der Waals surface area contributed by atoms with E-state index in [1.807, 2.05) is 0 Å². The van der Waals surface area contributed by atoms with Gasteiger partial charge in [-0.15, -0.1) is 0 Å². The maximum Gasteiger partial charge on any atom is 0.699 e. The van der Waals surface area contributed by atoms with Crippen LogP contribution in [0, 0.1) is 0 Å². The standard InChI is InChI=1S/Mg.Ni.H4O5Si/c;;1-5-6(2,3)4/h;;1-4H. The number of hydrogen-bond acceptors (Lipinski definition) is 5. The second-order valence-electron chi connectivity index (χ2n) is 0.665.